The second-order valence-electron chi connectivity index (χ2n) is 6.95. The molecule has 146 valence electrons. The van der Waals surface area contributed by atoms with E-state index in [1.54, 1.807) is 17.8 Å². The van der Waals surface area contributed by atoms with Crippen molar-refractivity contribution in [1.29, 1.82) is 0 Å². The Morgan fingerprint density at radius 3 is 2.10 bits per heavy atom. The average molecular weight is 392 g/mol. The van der Waals surface area contributed by atoms with Crippen molar-refractivity contribution in [2.45, 2.75) is 0 Å². The van der Waals surface area contributed by atoms with Crippen LogP contribution in [0.2, 0.25) is 0 Å². The molecule has 2 aromatic heterocycles. The maximum absolute atomic E-state index is 6.62. The first-order valence-electron chi connectivity index (χ1n) is 9.69. The van der Waals surface area contributed by atoms with Gasteiger partial charge in [0.25, 0.3) is 0 Å². The highest BCUT2D eigenvalue weighted by Crippen LogP contribution is 2.38. The Morgan fingerprint density at radius 1 is 0.767 bits per heavy atom. The first-order chi connectivity index (χ1) is 14.8. The number of nitrogen functional groups attached to an aromatic ring is 1. The van der Waals surface area contributed by atoms with Crippen LogP contribution in [0.15, 0.2) is 91.1 Å². The zero-order valence-electron chi connectivity index (χ0n) is 16.5. The molecule has 0 bridgehead atoms. The third-order valence-corrected chi connectivity index (χ3v) is 5.19. The molecular weight excluding hydrogens is 372 g/mol. The fourth-order valence-corrected chi connectivity index (χ4v) is 3.75. The van der Waals surface area contributed by atoms with Crippen LogP contribution in [-0.4, -0.2) is 21.7 Å². The largest absolute Gasteiger partial charge is 0.496 e. The molecule has 5 rings (SSSR count). The summed E-state index contributed by atoms with van der Waals surface area (Å²) in [4.78, 5) is 4.78. The maximum atomic E-state index is 6.62. The number of rotatable bonds is 4. The van der Waals surface area contributed by atoms with Gasteiger partial charge in [0, 0.05) is 22.9 Å². The molecule has 0 unspecified atom stereocenters. The van der Waals surface area contributed by atoms with Crippen LogP contribution in [-0.2, 0) is 0 Å². The number of nitrogens with zero attached hydrogens (tertiary/aromatic N) is 3. The molecule has 0 saturated carbocycles. The molecule has 0 aliphatic carbocycles. The summed E-state index contributed by atoms with van der Waals surface area (Å²) in [6.07, 6.45) is 1.80. The van der Waals surface area contributed by atoms with E-state index in [-0.39, 0.29) is 0 Å². The van der Waals surface area contributed by atoms with Crippen molar-refractivity contribution in [2.75, 3.05) is 12.8 Å². The number of aromatic nitrogens is 3. The van der Waals surface area contributed by atoms with Crippen molar-refractivity contribution in [2.24, 2.45) is 0 Å². The third kappa shape index (κ3) is 2.88. The molecule has 0 atom stereocenters. The lowest BCUT2D eigenvalue weighted by Crippen LogP contribution is -2.03. The van der Waals surface area contributed by atoms with Gasteiger partial charge in [0.05, 0.1) is 12.7 Å². The summed E-state index contributed by atoms with van der Waals surface area (Å²) in [5, 5.41) is 4.89. The van der Waals surface area contributed by atoms with Crippen molar-refractivity contribution in [3.8, 4) is 39.3 Å². The number of nitrogens with two attached hydrogens (primary N) is 1. The van der Waals surface area contributed by atoms with E-state index in [0.29, 0.717) is 5.82 Å². The van der Waals surface area contributed by atoms with Gasteiger partial charge in [-0.2, -0.15) is 9.61 Å². The molecule has 3 aromatic carbocycles. The molecule has 5 nitrogen and oxygen atoms in total. The van der Waals surface area contributed by atoms with Gasteiger partial charge in [0.1, 0.15) is 17.3 Å². The van der Waals surface area contributed by atoms with Gasteiger partial charge in [0.2, 0.25) is 0 Å². The summed E-state index contributed by atoms with van der Waals surface area (Å²) in [5.41, 5.74) is 12.9. The van der Waals surface area contributed by atoms with Crippen molar-refractivity contribution < 1.29 is 4.74 Å². The van der Waals surface area contributed by atoms with Crippen LogP contribution >= 0.6 is 0 Å². The molecule has 5 aromatic rings. The standard InChI is InChI=1S/C25H20N4O/c1-30-21-15-9-8-14-19(21)20-16-27-25-22(17-10-4-2-5-11-17)23(28-29(25)24(20)26)18-12-6-3-7-13-18/h2-16H,26H2,1H3. The van der Waals surface area contributed by atoms with Crippen molar-refractivity contribution >= 4 is 11.5 Å². The number of anilines is 1. The Bertz CT molecular complexity index is 1330. The minimum absolute atomic E-state index is 0.517. The molecule has 30 heavy (non-hydrogen) atoms. The van der Waals surface area contributed by atoms with Gasteiger partial charge in [-0.25, -0.2) is 4.98 Å². The SMILES string of the molecule is COc1ccccc1-c1cnc2c(-c3ccccc3)c(-c3ccccc3)nn2c1N. The predicted molar refractivity (Wildman–Crippen MR) is 120 cm³/mol. The number of para-hydroxylation sites is 1. The first kappa shape index (κ1) is 17.9. The van der Waals surface area contributed by atoms with Crippen molar-refractivity contribution in [1.82, 2.24) is 14.6 Å². The van der Waals surface area contributed by atoms with Crippen molar-refractivity contribution in [3.63, 3.8) is 0 Å². The molecule has 0 aliphatic heterocycles. The number of benzene rings is 3. The maximum Gasteiger partial charge on any atom is 0.165 e. The van der Waals surface area contributed by atoms with E-state index < -0.39 is 0 Å². The van der Waals surface area contributed by atoms with E-state index in [0.717, 1.165) is 44.9 Å². The highest BCUT2D eigenvalue weighted by molar-refractivity contribution is 5.92. The topological polar surface area (TPSA) is 65.4 Å². The fourth-order valence-electron chi connectivity index (χ4n) is 3.75. The Kier molecular flexibility index (Phi) is 4.41. The molecule has 0 spiro atoms. The predicted octanol–water partition coefficient (Wildman–Crippen LogP) is 5.32. The van der Waals surface area contributed by atoms with Crippen LogP contribution < -0.4 is 10.5 Å². The number of ether oxygens (including phenoxy) is 1. The second kappa shape index (κ2) is 7.37. The highest BCUT2D eigenvalue weighted by atomic mass is 16.5. The van der Waals surface area contributed by atoms with Gasteiger partial charge in [-0.15, -0.1) is 0 Å². The summed E-state index contributed by atoms with van der Waals surface area (Å²) >= 11 is 0. The number of hydrogen-bond donors (Lipinski definition) is 1. The number of hydrogen-bond acceptors (Lipinski definition) is 4. The van der Waals surface area contributed by atoms with Crippen molar-refractivity contribution in [3.05, 3.63) is 91.1 Å². The van der Waals surface area contributed by atoms with E-state index >= 15 is 0 Å². The van der Waals surface area contributed by atoms with Crippen LogP contribution in [0.25, 0.3) is 39.2 Å². The van der Waals surface area contributed by atoms with Crippen LogP contribution in [0.1, 0.15) is 0 Å². The van der Waals surface area contributed by atoms with E-state index in [4.69, 9.17) is 20.6 Å². The zero-order chi connectivity index (χ0) is 20.5. The Labute approximate surface area is 174 Å². The lowest BCUT2D eigenvalue weighted by atomic mass is 10.0. The van der Waals surface area contributed by atoms with E-state index in [1.165, 1.54) is 0 Å². The van der Waals surface area contributed by atoms with Gasteiger partial charge >= 0.3 is 0 Å². The van der Waals surface area contributed by atoms with Gasteiger partial charge in [0.15, 0.2) is 5.65 Å². The molecule has 0 radical (unpaired) electrons. The number of methoxy groups -OCH3 is 1. The monoisotopic (exact) mass is 392 g/mol. The zero-order valence-corrected chi connectivity index (χ0v) is 16.5. The summed E-state index contributed by atoms with van der Waals surface area (Å²) < 4.78 is 7.25. The Morgan fingerprint density at radius 2 is 1.40 bits per heavy atom. The smallest absolute Gasteiger partial charge is 0.165 e. The summed E-state index contributed by atoms with van der Waals surface area (Å²) in [5.74, 6) is 1.26. The van der Waals surface area contributed by atoms with Crippen LogP contribution in [0.3, 0.4) is 0 Å². The molecule has 0 fully saturated rings. The van der Waals surface area contributed by atoms with Crippen LogP contribution in [0.4, 0.5) is 5.82 Å². The normalized spacial score (nSPS) is 11.0. The fraction of sp³-hybridized carbons (Fsp3) is 0.0400. The third-order valence-electron chi connectivity index (χ3n) is 5.19. The van der Waals surface area contributed by atoms with E-state index in [1.807, 2.05) is 72.8 Å². The molecule has 0 aliphatic rings. The molecule has 2 N–H and O–H groups in total. The number of fused-ring (bicyclic) bond motifs is 1. The van der Waals surface area contributed by atoms with E-state index in [2.05, 4.69) is 12.1 Å². The molecule has 2 heterocycles. The Balaban J connectivity index is 1.81. The summed E-state index contributed by atoms with van der Waals surface area (Å²) in [7, 11) is 1.65. The molecule has 0 amide bonds. The van der Waals surface area contributed by atoms with Gasteiger partial charge < -0.3 is 10.5 Å². The quantitative estimate of drug-likeness (QED) is 0.449. The highest BCUT2D eigenvalue weighted by Gasteiger charge is 2.21. The molecular formula is C25H20N4O. The first-order valence-corrected chi connectivity index (χ1v) is 9.69. The van der Waals surface area contributed by atoms with E-state index in [9.17, 15) is 0 Å². The van der Waals surface area contributed by atoms with Gasteiger partial charge in [-0.05, 0) is 11.6 Å². The second-order valence-corrected chi connectivity index (χ2v) is 6.95. The Hall–Kier alpha value is -4.12. The minimum atomic E-state index is 0.517. The van der Waals surface area contributed by atoms with Gasteiger partial charge in [-0.3, -0.25) is 0 Å². The average Bonchev–Trinajstić information content (AvgIpc) is 3.21. The molecule has 5 heteroatoms. The lowest BCUT2D eigenvalue weighted by molar-refractivity contribution is 0.416. The van der Waals surface area contributed by atoms with Crippen LogP contribution in [0, 0.1) is 0 Å². The summed E-state index contributed by atoms with van der Waals surface area (Å²) in [6, 6.07) is 28.0. The summed E-state index contributed by atoms with van der Waals surface area (Å²) in [6.45, 7) is 0. The minimum Gasteiger partial charge on any atom is -0.496 e. The van der Waals surface area contributed by atoms with Gasteiger partial charge in [-0.1, -0.05) is 78.9 Å². The lowest BCUT2D eigenvalue weighted by Gasteiger charge is -2.11. The van der Waals surface area contributed by atoms with Crippen LogP contribution in [0.5, 0.6) is 5.75 Å². The molecule has 0 saturated heterocycles.